The van der Waals surface area contributed by atoms with E-state index >= 15 is 0 Å². The van der Waals surface area contributed by atoms with Crippen LogP contribution in [0.1, 0.15) is 12.5 Å². The Hall–Kier alpha value is -2.30. The van der Waals surface area contributed by atoms with E-state index in [4.69, 9.17) is 27.9 Å². The number of thioether (sulfide) groups is 1. The van der Waals surface area contributed by atoms with E-state index in [0.29, 0.717) is 11.2 Å². The maximum absolute atomic E-state index is 12.6. The molecule has 0 radical (unpaired) electrons. The molecule has 0 saturated carbocycles. The zero-order chi connectivity index (χ0) is 22.3. The lowest BCUT2D eigenvalue weighted by molar-refractivity contribution is -0.139. The first-order valence-corrected chi connectivity index (χ1v) is 9.98. The average Bonchev–Trinajstić information content (AvgIpc) is 2.68. The second-order valence-corrected chi connectivity index (χ2v) is 7.32. The third-order valence-corrected chi connectivity index (χ3v) is 4.82. The number of nitrogens with zero attached hydrogens (tertiary/aromatic N) is 3. The zero-order valence-corrected chi connectivity index (χ0v) is 17.6. The molecule has 0 bridgehead atoms. The molecule has 0 saturated heterocycles. The summed E-state index contributed by atoms with van der Waals surface area (Å²) in [6.45, 7) is 1.60. The largest absolute Gasteiger partial charge is 0.509 e. The van der Waals surface area contributed by atoms with Crippen LogP contribution in [-0.4, -0.2) is 28.4 Å². The van der Waals surface area contributed by atoms with Gasteiger partial charge in [0.05, 0.1) is 28.0 Å². The standard InChI is InChI=1S/C18H14Cl2F3N3O3S/c1-2-29-17(28)16(26-25-13-5-4-11(19)7-12(13)20)14(27)9-30-15-6-3-10(8-24-15)18(21,22)23/h3-8,27H,2,9H2,1H3/b16-14-,26-25?. The van der Waals surface area contributed by atoms with Crippen LogP contribution in [0.15, 0.2) is 63.2 Å². The highest BCUT2D eigenvalue weighted by molar-refractivity contribution is 7.99. The Balaban J connectivity index is 2.21. The van der Waals surface area contributed by atoms with Crippen LogP contribution in [0.2, 0.25) is 10.0 Å². The van der Waals surface area contributed by atoms with Gasteiger partial charge in [0.2, 0.25) is 5.70 Å². The van der Waals surface area contributed by atoms with E-state index in [1.54, 1.807) is 6.92 Å². The second-order valence-electron chi connectivity index (χ2n) is 5.48. The predicted molar refractivity (Wildman–Crippen MR) is 107 cm³/mol. The lowest BCUT2D eigenvalue weighted by Crippen LogP contribution is -2.09. The van der Waals surface area contributed by atoms with Gasteiger partial charge in [-0.1, -0.05) is 35.0 Å². The molecule has 0 spiro atoms. The molecule has 0 aliphatic rings. The molecule has 0 atom stereocenters. The molecular weight excluding hydrogens is 466 g/mol. The molecule has 30 heavy (non-hydrogen) atoms. The van der Waals surface area contributed by atoms with Gasteiger partial charge in [-0.05, 0) is 37.3 Å². The summed E-state index contributed by atoms with van der Waals surface area (Å²) in [5, 5.41) is 18.6. The molecule has 1 aromatic heterocycles. The number of aliphatic hydroxyl groups is 1. The maximum atomic E-state index is 12.6. The van der Waals surface area contributed by atoms with Crippen molar-refractivity contribution in [1.82, 2.24) is 4.98 Å². The van der Waals surface area contributed by atoms with Gasteiger partial charge in [-0.25, -0.2) is 9.78 Å². The summed E-state index contributed by atoms with van der Waals surface area (Å²) in [7, 11) is 0. The van der Waals surface area contributed by atoms with Crippen LogP contribution in [-0.2, 0) is 15.7 Å². The number of rotatable bonds is 7. The number of hydrogen-bond acceptors (Lipinski definition) is 7. The number of aliphatic hydroxyl groups excluding tert-OH is 1. The van der Waals surface area contributed by atoms with Gasteiger partial charge in [0, 0.05) is 11.2 Å². The van der Waals surface area contributed by atoms with Crippen LogP contribution < -0.4 is 0 Å². The van der Waals surface area contributed by atoms with Crippen LogP contribution in [0.5, 0.6) is 0 Å². The van der Waals surface area contributed by atoms with Crippen molar-refractivity contribution in [2.75, 3.05) is 12.4 Å². The van der Waals surface area contributed by atoms with Gasteiger partial charge in [-0.15, -0.1) is 10.2 Å². The van der Waals surface area contributed by atoms with Gasteiger partial charge in [0.1, 0.15) is 11.4 Å². The molecule has 2 rings (SSSR count). The van der Waals surface area contributed by atoms with Crippen molar-refractivity contribution in [2.45, 2.75) is 18.1 Å². The number of esters is 1. The highest BCUT2D eigenvalue weighted by Gasteiger charge is 2.30. The zero-order valence-electron chi connectivity index (χ0n) is 15.3. The van der Waals surface area contributed by atoms with E-state index in [9.17, 15) is 23.1 Å². The summed E-state index contributed by atoms with van der Waals surface area (Å²) in [5.74, 6) is -1.63. The summed E-state index contributed by atoms with van der Waals surface area (Å²) in [4.78, 5) is 15.8. The molecule has 12 heteroatoms. The molecule has 1 N–H and O–H groups in total. The third-order valence-electron chi connectivity index (χ3n) is 3.33. The van der Waals surface area contributed by atoms with Crippen LogP contribution in [0, 0.1) is 0 Å². The Morgan fingerprint density at radius 3 is 2.57 bits per heavy atom. The number of benzene rings is 1. The number of ether oxygens (including phenoxy) is 1. The lowest BCUT2D eigenvalue weighted by Gasteiger charge is -2.07. The summed E-state index contributed by atoms with van der Waals surface area (Å²) in [6, 6.07) is 6.43. The Labute approximate surface area is 183 Å². The minimum atomic E-state index is -4.50. The molecule has 0 amide bonds. The van der Waals surface area contributed by atoms with Crippen LogP contribution in [0.25, 0.3) is 0 Å². The fraction of sp³-hybridized carbons (Fsp3) is 0.222. The molecule has 0 fully saturated rings. The highest BCUT2D eigenvalue weighted by atomic mass is 35.5. The summed E-state index contributed by atoms with van der Waals surface area (Å²) >= 11 is 12.7. The van der Waals surface area contributed by atoms with Crippen molar-refractivity contribution in [2.24, 2.45) is 10.2 Å². The third kappa shape index (κ3) is 6.89. The Kier molecular flexibility index (Phi) is 8.51. The molecular formula is C18H14Cl2F3N3O3S. The monoisotopic (exact) mass is 479 g/mol. The number of carbonyl (C=O) groups is 1. The van der Waals surface area contributed by atoms with Gasteiger partial charge in [-0.3, -0.25) is 0 Å². The Bertz CT molecular complexity index is 967. The van der Waals surface area contributed by atoms with Crippen molar-refractivity contribution >= 4 is 46.6 Å². The number of pyridine rings is 1. The summed E-state index contributed by atoms with van der Waals surface area (Å²) in [6.07, 6.45) is -3.82. The molecule has 6 nitrogen and oxygen atoms in total. The van der Waals surface area contributed by atoms with Gasteiger partial charge in [-0.2, -0.15) is 13.2 Å². The highest BCUT2D eigenvalue weighted by Crippen LogP contribution is 2.31. The van der Waals surface area contributed by atoms with Crippen molar-refractivity contribution < 1.29 is 27.8 Å². The number of carbonyl (C=O) groups excluding carboxylic acids is 1. The second kappa shape index (κ2) is 10.6. The average molecular weight is 480 g/mol. The van der Waals surface area contributed by atoms with E-state index in [0.717, 1.165) is 23.9 Å². The molecule has 1 heterocycles. The number of halogens is 5. The van der Waals surface area contributed by atoms with Crippen molar-refractivity contribution in [1.29, 1.82) is 0 Å². The number of hydrogen-bond donors (Lipinski definition) is 1. The fourth-order valence-electron chi connectivity index (χ4n) is 1.93. The number of alkyl halides is 3. The quantitative estimate of drug-likeness (QED) is 0.158. The smallest absolute Gasteiger partial charge is 0.417 e. The van der Waals surface area contributed by atoms with E-state index in [1.165, 1.54) is 18.2 Å². The molecule has 2 aromatic rings. The molecule has 0 unspecified atom stereocenters. The maximum Gasteiger partial charge on any atom is 0.417 e. The van der Waals surface area contributed by atoms with E-state index in [1.807, 2.05) is 0 Å². The summed E-state index contributed by atoms with van der Waals surface area (Å²) < 4.78 is 42.6. The van der Waals surface area contributed by atoms with E-state index in [2.05, 4.69) is 15.2 Å². The molecule has 1 aromatic carbocycles. The first-order chi connectivity index (χ1) is 14.1. The minimum Gasteiger partial charge on any atom is -0.509 e. The van der Waals surface area contributed by atoms with Gasteiger partial charge < -0.3 is 9.84 Å². The van der Waals surface area contributed by atoms with E-state index in [-0.39, 0.29) is 28.1 Å². The number of azo groups is 1. The Morgan fingerprint density at radius 1 is 1.27 bits per heavy atom. The molecule has 0 aliphatic carbocycles. The summed E-state index contributed by atoms with van der Waals surface area (Å²) in [5.41, 5.74) is -1.16. The first kappa shape index (κ1) is 24.0. The first-order valence-electron chi connectivity index (χ1n) is 8.24. The number of aromatic nitrogens is 1. The predicted octanol–water partition coefficient (Wildman–Crippen LogP) is 6.62. The van der Waals surface area contributed by atoms with Gasteiger partial charge >= 0.3 is 12.1 Å². The van der Waals surface area contributed by atoms with Crippen molar-refractivity contribution in [3.63, 3.8) is 0 Å². The normalized spacial score (nSPS) is 12.7. The minimum absolute atomic E-state index is 0.0282. The van der Waals surface area contributed by atoms with Crippen LogP contribution in [0.4, 0.5) is 18.9 Å². The van der Waals surface area contributed by atoms with Crippen LogP contribution in [0.3, 0.4) is 0 Å². The topological polar surface area (TPSA) is 84.1 Å². The van der Waals surface area contributed by atoms with Crippen molar-refractivity contribution in [3.8, 4) is 0 Å². The van der Waals surface area contributed by atoms with Crippen LogP contribution >= 0.6 is 35.0 Å². The van der Waals surface area contributed by atoms with Crippen molar-refractivity contribution in [3.05, 3.63) is 63.6 Å². The SMILES string of the molecule is CCOC(=O)/C(N=Nc1ccc(Cl)cc1Cl)=C(/O)CSc1ccc(C(F)(F)F)cn1. The molecule has 0 aliphatic heterocycles. The van der Waals surface area contributed by atoms with Gasteiger partial charge in [0.25, 0.3) is 0 Å². The van der Waals surface area contributed by atoms with E-state index < -0.39 is 29.2 Å². The fourth-order valence-corrected chi connectivity index (χ4v) is 3.09. The van der Waals surface area contributed by atoms with Gasteiger partial charge in [0.15, 0.2) is 0 Å². The Morgan fingerprint density at radius 2 is 2.00 bits per heavy atom. The lowest BCUT2D eigenvalue weighted by atomic mass is 10.3. The molecule has 160 valence electrons.